The third-order valence-corrected chi connectivity index (χ3v) is 5.43. The zero-order chi connectivity index (χ0) is 16.0. The maximum atomic E-state index is 12.3. The Morgan fingerprint density at radius 2 is 1.91 bits per heavy atom. The number of likely N-dealkylation sites (tertiary alicyclic amines) is 1. The fraction of sp³-hybridized carbons (Fsp3) is 0.875. The largest absolute Gasteiger partial charge is 0.357 e. The van der Waals surface area contributed by atoms with Crippen molar-refractivity contribution >= 4 is 23.6 Å². The highest BCUT2D eigenvalue weighted by Gasteiger charge is 2.28. The third kappa shape index (κ3) is 5.07. The van der Waals surface area contributed by atoms with Crippen LogP contribution in [0.15, 0.2) is 4.99 Å². The third-order valence-electron chi connectivity index (χ3n) is 4.13. The van der Waals surface area contributed by atoms with Crippen molar-refractivity contribution in [1.29, 1.82) is 0 Å². The number of hydrogen-bond donors (Lipinski definition) is 1. The molecule has 0 aromatic carbocycles. The predicted octanol–water partition coefficient (Wildman–Crippen LogP) is 1.79. The van der Waals surface area contributed by atoms with Crippen molar-refractivity contribution in [3.05, 3.63) is 0 Å². The molecule has 0 radical (unpaired) electrons. The van der Waals surface area contributed by atoms with Gasteiger partial charge in [-0.3, -0.25) is 4.79 Å². The van der Waals surface area contributed by atoms with Crippen LogP contribution in [0.1, 0.15) is 40.0 Å². The van der Waals surface area contributed by atoms with Crippen molar-refractivity contribution in [2.45, 2.75) is 44.8 Å². The maximum Gasteiger partial charge on any atom is 0.244 e. The number of thioether (sulfide) groups is 1. The Bertz CT molecular complexity index is 405. The Balaban J connectivity index is 1.95. The minimum atomic E-state index is 0.167. The zero-order valence-corrected chi connectivity index (χ0v) is 15.0. The van der Waals surface area contributed by atoms with E-state index in [9.17, 15) is 4.79 Å². The quantitative estimate of drug-likeness (QED) is 0.634. The van der Waals surface area contributed by atoms with Crippen LogP contribution in [0.3, 0.4) is 0 Å². The van der Waals surface area contributed by atoms with E-state index in [0.717, 1.165) is 57.3 Å². The summed E-state index contributed by atoms with van der Waals surface area (Å²) in [5, 5.41) is 3.34. The number of piperidine rings is 1. The molecule has 6 heteroatoms. The topological polar surface area (TPSA) is 47.9 Å². The zero-order valence-electron chi connectivity index (χ0n) is 14.2. The average Bonchev–Trinajstić information content (AvgIpc) is 2.51. The van der Waals surface area contributed by atoms with E-state index in [1.807, 2.05) is 16.7 Å². The maximum absolute atomic E-state index is 12.3. The molecule has 2 fully saturated rings. The molecule has 5 nitrogen and oxygen atoms in total. The summed E-state index contributed by atoms with van der Waals surface area (Å²) < 4.78 is 0.241. The van der Waals surface area contributed by atoms with Crippen LogP contribution in [0.4, 0.5) is 0 Å². The summed E-state index contributed by atoms with van der Waals surface area (Å²) in [6.45, 7) is 11.5. The lowest BCUT2D eigenvalue weighted by molar-refractivity contribution is -0.130. The highest BCUT2D eigenvalue weighted by atomic mass is 32.2. The van der Waals surface area contributed by atoms with E-state index >= 15 is 0 Å². The van der Waals surface area contributed by atoms with Gasteiger partial charge in [-0.15, -0.1) is 0 Å². The first kappa shape index (κ1) is 17.4. The lowest BCUT2D eigenvalue weighted by Crippen LogP contribution is -2.51. The second-order valence-electron chi connectivity index (χ2n) is 6.64. The van der Waals surface area contributed by atoms with Crippen molar-refractivity contribution in [2.75, 3.05) is 45.0 Å². The molecule has 0 bridgehead atoms. The van der Waals surface area contributed by atoms with Crippen molar-refractivity contribution in [2.24, 2.45) is 4.99 Å². The van der Waals surface area contributed by atoms with E-state index in [1.54, 1.807) is 0 Å². The molecule has 22 heavy (non-hydrogen) atoms. The molecule has 2 aliphatic rings. The fourth-order valence-electron chi connectivity index (χ4n) is 3.01. The summed E-state index contributed by atoms with van der Waals surface area (Å²) in [6, 6.07) is 0. The van der Waals surface area contributed by atoms with Gasteiger partial charge >= 0.3 is 0 Å². The van der Waals surface area contributed by atoms with Crippen LogP contribution < -0.4 is 5.32 Å². The molecule has 2 rings (SSSR count). The number of nitrogens with zero attached hydrogens (tertiary/aromatic N) is 3. The van der Waals surface area contributed by atoms with Crippen LogP contribution in [0.25, 0.3) is 0 Å². The van der Waals surface area contributed by atoms with Crippen LogP contribution in [0.2, 0.25) is 0 Å². The molecule has 126 valence electrons. The number of carbonyl (C=O) groups excluding carboxylic acids is 1. The van der Waals surface area contributed by atoms with E-state index in [1.165, 1.54) is 6.42 Å². The van der Waals surface area contributed by atoms with Crippen LogP contribution in [-0.2, 0) is 4.79 Å². The van der Waals surface area contributed by atoms with Gasteiger partial charge in [0.25, 0.3) is 0 Å². The van der Waals surface area contributed by atoms with Crippen molar-refractivity contribution in [3.8, 4) is 0 Å². The van der Waals surface area contributed by atoms with Crippen LogP contribution >= 0.6 is 11.8 Å². The fourth-order valence-corrected chi connectivity index (χ4v) is 4.12. The standard InChI is InChI=1S/C16H30N4OS/c1-4-17-15(20-10-11-22-16(2,3)13-20)18-12-14(21)19-8-6-5-7-9-19/h4-13H2,1-3H3,(H,17,18). The van der Waals surface area contributed by atoms with Crippen LogP contribution in [0.5, 0.6) is 0 Å². The van der Waals surface area contributed by atoms with Crippen molar-refractivity contribution in [1.82, 2.24) is 15.1 Å². The molecular weight excluding hydrogens is 296 g/mol. The molecule has 1 amide bonds. The lowest BCUT2D eigenvalue weighted by atomic mass is 10.1. The minimum Gasteiger partial charge on any atom is -0.357 e. The van der Waals surface area contributed by atoms with Gasteiger partial charge in [0.2, 0.25) is 5.91 Å². The normalized spacial score (nSPS) is 22.6. The van der Waals surface area contributed by atoms with E-state index < -0.39 is 0 Å². The van der Waals surface area contributed by atoms with Gasteiger partial charge in [0.15, 0.2) is 5.96 Å². The first-order chi connectivity index (χ1) is 10.5. The van der Waals surface area contributed by atoms with Crippen LogP contribution in [-0.4, -0.2) is 71.4 Å². The molecule has 0 aliphatic carbocycles. The SMILES string of the molecule is CCNC(=NCC(=O)N1CCCCC1)N1CCSC(C)(C)C1. The Morgan fingerprint density at radius 1 is 1.18 bits per heavy atom. The monoisotopic (exact) mass is 326 g/mol. The molecule has 2 aliphatic heterocycles. The highest BCUT2D eigenvalue weighted by molar-refractivity contribution is 8.00. The van der Waals surface area contributed by atoms with Gasteiger partial charge < -0.3 is 15.1 Å². The van der Waals surface area contributed by atoms with Crippen molar-refractivity contribution in [3.63, 3.8) is 0 Å². The van der Waals surface area contributed by atoms with Crippen molar-refractivity contribution < 1.29 is 4.79 Å². The molecule has 0 saturated carbocycles. The number of aliphatic imine (C=N–C) groups is 1. The molecule has 0 unspecified atom stereocenters. The number of guanidine groups is 1. The summed E-state index contributed by atoms with van der Waals surface area (Å²) >= 11 is 2.01. The second-order valence-corrected chi connectivity index (χ2v) is 8.44. The van der Waals surface area contributed by atoms with Crippen LogP contribution in [0, 0.1) is 0 Å². The van der Waals surface area contributed by atoms with Gasteiger partial charge in [0, 0.05) is 43.2 Å². The summed E-state index contributed by atoms with van der Waals surface area (Å²) in [5.41, 5.74) is 0. The van der Waals surface area contributed by atoms with Gasteiger partial charge in [-0.1, -0.05) is 0 Å². The summed E-state index contributed by atoms with van der Waals surface area (Å²) in [5.74, 6) is 2.17. The molecule has 1 N–H and O–H groups in total. The molecule has 0 aromatic rings. The molecule has 0 aromatic heterocycles. The average molecular weight is 327 g/mol. The first-order valence-electron chi connectivity index (χ1n) is 8.47. The Labute approximate surface area is 138 Å². The van der Waals surface area contributed by atoms with E-state index in [2.05, 4.69) is 36.0 Å². The van der Waals surface area contributed by atoms with Gasteiger partial charge in [-0.25, -0.2) is 4.99 Å². The van der Waals surface area contributed by atoms with Gasteiger partial charge in [0.1, 0.15) is 6.54 Å². The molecular formula is C16H30N4OS. The van der Waals surface area contributed by atoms with Gasteiger partial charge in [-0.05, 0) is 40.0 Å². The molecule has 0 atom stereocenters. The van der Waals surface area contributed by atoms with Gasteiger partial charge in [-0.2, -0.15) is 11.8 Å². The Hall–Kier alpha value is -0.910. The second kappa shape index (κ2) is 8.09. The van der Waals surface area contributed by atoms with Gasteiger partial charge in [0.05, 0.1) is 0 Å². The molecule has 2 heterocycles. The molecule has 2 saturated heterocycles. The Morgan fingerprint density at radius 3 is 2.55 bits per heavy atom. The van der Waals surface area contributed by atoms with E-state index in [0.29, 0.717) is 0 Å². The number of hydrogen-bond acceptors (Lipinski definition) is 3. The predicted molar refractivity (Wildman–Crippen MR) is 94.5 cm³/mol. The summed E-state index contributed by atoms with van der Waals surface area (Å²) in [6.07, 6.45) is 3.51. The summed E-state index contributed by atoms with van der Waals surface area (Å²) in [7, 11) is 0. The number of nitrogens with one attached hydrogen (secondary N) is 1. The van der Waals surface area contributed by atoms with E-state index in [-0.39, 0.29) is 17.2 Å². The van der Waals surface area contributed by atoms with E-state index in [4.69, 9.17) is 0 Å². The highest BCUT2D eigenvalue weighted by Crippen LogP contribution is 2.29. The number of rotatable bonds is 3. The number of amides is 1. The number of carbonyl (C=O) groups is 1. The molecule has 0 spiro atoms. The smallest absolute Gasteiger partial charge is 0.244 e. The Kier molecular flexibility index (Phi) is 6.41. The summed E-state index contributed by atoms with van der Waals surface area (Å²) in [4.78, 5) is 21.2. The first-order valence-corrected chi connectivity index (χ1v) is 9.45. The lowest BCUT2D eigenvalue weighted by Gasteiger charge is -2.39. The minimum absolute atomic E-state index is 0.167.